The van der Waals surface area contributed by atoms with Gasteiger partial charge in [0.1, 0.15) is 11.6 Å². The van der Waals surface area contributed by atoms with E-state index < -0.39 is 5.97 Å². The first-order valence-electron chi connectivity index (χ1n) is 30.1. The Morgan fingerprint density at radius 1 is 0.533 bits per heavy atom. The Labute approximate surface area is 841 Å². The summed E-state index contributed by atoms with van der Waals surface area (Å²) in [6, 6.07) is 29.1. The molecule has 92 heavy (non-hydrogen) atoms. The second-order valence-corrected chi connectivity index (χ2v) is 22.0. The molecule has 2 aromatic heterocycles. The first-order valence-corrected chi connectivity index (χ1v) is 96.5. The van der Waals surface area contributed by atoms with Crippen molar-refractivity contribution < 1.29 is 163 Å². The van der Waals surface area contributed by atoms with E-state index in [1.165, 1.54) is 273 Å². The van der Waals surface area contributed by atoms with Gasteiger partial charge in [-0.25, -0.2) is 19.2 Å². The van der Waals surface area contributed by atoms with Crippen molar-refractivity contribution in [2.45, 2.75) is 114 Å². The average Bonchev–Trinajstić information content (AvgIpc) is 1.58. The van der Waals surface area contributed by atoms with Crippen LogP contribution >= 0.6 is 47.8 Å². The molecular formula is C62H78BBr3K10N4O12. The van der Waals surface area contributed by atoms with Gasteiger partial charge in [-0.15, -0.1) is 6.58 Å². The van der Waals surface area contributed by atoms with Crippen LogP contribution < -0.4 is 114 Å². The molecule has 0 aliphatic carbocycles. The van der Waals surface area contributed by atoms with Crippen LogP contribution in [0, 0.1) is 27.7 Å². The number of aromatic nitrogens is 2. The third-order valence-electron chi connectivity index (χ3n) is 12.3. The summed E-state index contributed by atoms with van der Waals surface area (Å²) in [4.78, 5) is 66.3. The molecule has 4 aromatic carbocycles. The number of hydrogen-bond acceptors (Lipinski definition) is 13. The molecule has 0 amide bonds. The summed E-state index contributed by atoms with van der Waals surface area (Å²) in [7, 11) is -0.250. The molecule has 1 fully saturated rings. The molecular weight excluding hydrogens is 1630 g/mol. The second-order valence-electron chi connectivity index (χ2n) is 19.2. The van der Waals surface area contributed by atoms with Gasteiger partial charge in [0, 0.05) is 60.4 Å². The summed E-state index contributed by atoms with van der Waals surface area (Å²) < 4.78 is 32.9. The van der Waals surface area contributed by atoms with Crippen LogP contribution in [0.5, 0.6) is 0 Å². The number of nitrogens with zero attached hydrogens (tertiary/aromatic N) is 2. The van der Waals surface area contributed by atoms with Gasteiger partial charge in [0.05, 0.1) is 64.7 Å². The van der Waals surface area contributed by atoms with E-state index in [4.69, 9.17) is 40.1 Å². The van der Waals surface area contributed by atoms with Crippen LogP contribution in [0.4, 0.5) is 11.4 Å². The first-order chi connectivity index (χ1) is 42.4. The number of carbonyl (C=O) groups excluding carboxylic acids is 5. The molecule has 1 aliphatic rings. The summed E-state index contributed by atoms with van der Waals surface area (Å²) in [5.74, 6) is -0.137. The van der Waals surface area contributed by atoms with Crippen LogP contribution in [0.1, 0.15) is 148 Å². The van der Waals surface area contributed by atoms with Crippen molar-refractivity contribution in [1.82, 2.24) is 9.13 Å². The molecule has 0 saturated carbocycles. The maximum absolute atomic E-state index is 12.1. The number of Topliss-reactive ketones (excluding diaryl/α,β-unsaturated/α-hetero) is 2. The third kappa shape index (κ3) is 43.8. The van der Waals surface area contributed by atoms with Gasteiger partial charge >= 0.3 is 386 Å². The molecule has 1 aliphatic heterocycles. The number of anilines is 2. The molecule has 30 heteroatoms. The number of ketones is 2. The summed E-state index contributed by atoms with van der Waals surface area (Å²) in [5, 5.41) is 8.56. The van der Waals surface area contributed by atoms with Gasteiger partial charge in [0.25, 0.3) is 0 Å². The van der Waals surface area contributed by atoms with Gasteiger partial charge in [0.15, 0.2) is 0 Å². The van der Waals surface area contributed by atoms with E-state index in [9.17, 15) is 28.8 Å². The van der Waals surface area contributed by atoms with Crippen molar-refractivity contribution >= 4 is 360 Å². The van der Waals surface area contributed by atoms with Crippen LogP contribution in [-0.2, 0) is 33.1 Å². The maximum atomic E-state index is 12.1. The van der Waals surface area contributed by atoms with E-state index in [-0.39, 0.29) is 165 Å². The van der Waals surface area contributed by atoms with Crippen molar-refractivity contribution in [3.8, 4) is 11.4 Å². The number of carboxylic acids is 1. The Morgan fingerprint density at radius 2 is 0.826 bits per heavy atom. The molecule has 0 bridgehead atoms. The molecule has 6 aromatic rings. The Kier molecular flexibility index (Phi) is 76.9. The molecule has 452 valence electrons. The van der Waals surface area contributed by atoms with Crippen molar-refractivity contribution in [3.05, 3.63) is 180 Å². The number of hydrogen-bond donors (Lipinski definition) is 3. The fourth-order valence-electron chi connectivity index (χ4n) is 7.40. The molecule has 5 N–H and O–H groups in total. The number of nitrogens with two attached hydrogens (primary N) is 2. The summed E-state index contributed by atoms with van der Waals surface area (Å²) in [6.45, 7) is 33.0. The van der Waals surface area contributed by atoms with Crippen molar-refractivity contribution in [2.75, 3.05) is 31.3 Å². The predicted octanol–water partition coefficient (Wildman–Crippen LogP) is 5.82. The Morgan fingerprint density at radius 3 is 1.11 bits per heavy atom. The quantitative estimate of drug-likeness (QED) is 0.0506. The Balaban J connectivity index is -0.000000192. The second kappa shape index (κ2) is 64.2. The first kappa shape index (κ1) is 110. The fourth-order valence-corrected chi connectivity index (χ4v) is 8.51. The number of benzene rings is 4. The number of ether oxygens (including phenoxy) is 3. The fraction of sp³-hybridized carbons (Fsp3) is 0.323. The van der Waals surface area contributed by atoms with Crippen LogP contribution in [-0.4, -0.2) is 340 Å². The Hall–Kier alpha value is 9.53. The summed E-state index contributed by atoms with van der Waals surface area (Å²) in [5.41, 5.74) is 19.9. The van der Waals surface area contributed by atoms with E-state index in [2.05, 4.69) is 70.1 Å². The number of carboxylic acid groups (broad SMARTS) is 1. The van der Waals surface area contributed by atoms with Gasteiger partial charge in [-0.2, -0.15) is 0 Å². The van der Waals surface area contributed by atoms with Gasteiger partial charge < -0.3 is 61.7 Å². The zero-order chi connectivity index (χ0) is 70.2. The van der Waals surface area contributed by atoms with E-state index in [0.717, 1.165) is 53.1 Å². The van der Waals surface area contributed by atoms with Crippen molar-refractivity contribution in [2.24, 2.45) is 0 Å². The monoisotopic (exact) mass is 1710 g/mol. The topological polar surface area (TPSA) is 231 Å². The molecule has 16 nitrogen and oxygen atoms in total. The van der Waals surface area contributed by atoms with Gasteiger partial charge in [0.2, 0.25) is 0 Å². The summed E-state index contributed by atoms with van der Waals surface area (Å²) in [6.07, 6.45) is 2.57. The normalized spacial score (nSPS) is 11.3. The standard InChI is InChI=1S/C17H19NO2.C15H16BrNO2.C9H10BrNO2.C8H15BO2.C7H6BrNO2.C6H10O2.10K.2H/c1-5-14-9-10-15(17(19)20-6-2)16(11-14)18-12(3)7-8-13(18)4;1-4-19-15(18)13-8-7-12(16)9-14(13)17-10(2)5-6-11(17)3;1-2-13-9(12)7-4-3-6(10)5-8(7)11;1-6-9-10-7(2,3)8(4,5)11-9;8-4-1-2-5(7(10)11)6(9)3-4;1-5(7)3-4-6(2)8;;;;;;;;;;;;/h5,7-11H,1,6H2,2-4H3;5-9H,4H2,1-3H3;3-5H,2,11H2,1H3;6H,1H2,2-5H3;1-3H,9H2,(H,10,11);3-4H2,1-2H3;;;;;;;;;;;;/q;;;;;;;;;;;;;;2*+1;2*-1. The number of aromatic carboxylic acids is 1. The average molecular weight is 1710 g/mol. The van der Waals surface area contributed by atoms with Crippen molar-refractivity contribution in [3.63, 3.8) is 0 Å². The zero-order valence-corrected chi connectivity index (χ0v) is 95.0. The van der Waals surface area contributed by atoms with E-state index >= 15 is 0 Å². The molecule has 0 radical (unpaired) electrons. The van der Waals surface area contributed by atoms with E-state index in [1.807, 2.05) is 118 Å². The van der Waals surface area contributed by atoms with Gasteiger partial charge in [-0.05, 0) is 187 Å². The molecule has 0 atom stereocenters. The number of carbonyl (C=O) groups is 6. The number of esters is 3. The summed E-state index contributed by atoms with van der Waals surface area (Å²) >= 11 is 19.9. The van der Waals surface area contributed by atoms with E-state index in [1.54, 1.807) is 61.4 Å². The Bertz CT molecular complexity index is 3190. The number of rotatable bonds is 14. The number of nitrogen functional groups attached to an aromatic ring is 2. The molecule has 0 spiro atoms. The third-order valence-corrected chi connectivity index (χ3v) is 13.8. The molecule has 3 heterocycles. The van der Waals surface area contributed by atoms with Gasteiger partial charge in [-0.3, -0.25) is 0 Å². The minimum absolute atomic E-state index is 0. The van der Waals surface area contributed by atoms with Crippen LogP contribution in [0.15, 0.2) is 130 Å². The number of halogens is 3. The van der Waals surface area contributed by atoms with E-state index in [0.29, 0.717) is 55.0 Å². The van der Waals surface area contributed by atoms with Crippen molar-refractivity contribution in [1.29, 1.82) is 0 Å². The minimum atomic E-state index is -1.00. The molecule has 7 rings (SSSR count). The molecule has 0 unspecified atom stereocenters. The van der Waals surface area contributed by atoms with Gasteiger partial charge in [-0.1, -0.05) is 72.5 Å². The molecule has 1 saturated heterocycles. The number of aryl methyl sites for hydroxylation is 4. The zero-order valence-electron chi connectivity index (χ0n) is 61.0. The van der Waals surface area contributed by atoms with Crippen LogP contribution in [0.25, 0.3) is 17.5 Å². The van der Waals surface area contributed by atoms with Crippen LogP contribution in [0.2, 0.25) is 0 Å². The predicted molar refractivity (Wildman–Crippen MR) is 385 cm³/mol. The SMILES string of the molecule is C=CB1OC(C)(C)C(C)(C)O1.C=Cc1ccc(C(=O)OCC)c(-n2c(C)ccc2C)c1.CC(=O)CCC(C)=O.CCOC(=O)c1ccc(Br)cc1-n1c(C)ccc1C.CCOC(=O)c1ccc(Br)cc1N.Nc1cc(Br)ccc1C(=O)O.[H-].[H-].[K+].[K+].[K][K].[K][K].[K][K].[K][K]. The van der Waals surface area contributed by atoms with Crippen LogP contribution in [0.3, 0.4) is 0 Å².